The van der Waals surface area contributed by atoms with Crippen LogP contribution in [0, 0.1) is 0 Å². The van der Waals surface area contributed by atoms with Crippen molar-refractivity contribution >= 4 is 23.6 Å². The highest BCUT2D eigenvalue weighted by molar-refractivity contribution is 5.99. The Labute approximate surface area is 129 Å². The molecule has 0 aliphatic carbocycles. The molecule has 1 rings (SSSR count). The molecule has 0 aliphatic heterocycles. The van der Waals surface area contributed by atoms with Crippen LogP contribution in [0.1, 0.15) is 37.0 Å². The van der Waals surface area contributed by atoms with Gasteiger partial charge in [0, 0.05) is 12.2 Å². The lowest BCUT2D eigenvalue weighted by molar-refractivity contribution is -0.127. The van der Waals surface area contributed by atoms with Gasteiger partial charge in [0.1, 0.15) is 0 Å². The normalized spacial score (nSPS) is 11.4. The number of urea groups is 1. The van der Waals surface area contributed by atoms with Crippen molar-refractivity contribution in [1.29, 1.82) is 0 Å². The lowest BCUT2D eigenvalue weighted by Crippen LogP contribution is -2.42. The molecule has 4 N–H and O–H groups in total. The zero-order valence-electron chi connectivity index (χ0n) is 12.7. The third-order valence-electron chi connectivity index (χ3n) is 2.89. The molecule has 1 atom stereocenters. The van der Waals surface area contributed by atoms with Crippen LogP contribution in [0.4, 0.5) is 10.5 Å². The Hall–Kier alpha value is -2.57. The number of para-hydroxylation sites is 1. The molecule has 0 fully saturated rings. The SMILES string of the molecule is CCCCNc1ccccc1C(=O)O[C@@H](C)C(=O)NC(N)=O. The van der Waals surface area contributed by atoms with Crippen molar-refractivity contribution in [3.05, 3.63) is 29.8 Å². The molecule has 0 aromatic heterocycles. The number of unbranched alkanes of at least 4 members (excludes halogenated alkanes) is 1. The smallest absolute Gasteiger partial charge is 0.341 e. The number of benzene rings is 1. The van der Waals surface area contributed by atoms with Crippen LogP contribution in [-0.4, -0.2) is 30.6 Å². The molecule has 7 heteroatoms. The van der Waals surface area contributed by atoms with Crippen LogP contribution >= 0.6 is 0 Å². The molecule has 7 nitrogen and oxygen atoms in total. The van der Waals surface area contributed by atoms with Crippen molar-refractivity contribution in [3.8, 4) is 0 Å². The molecule has 0 saturated heterocycles. The van der Waals surface area contributed by atoms with Crippen molar-refractivity contribution in [2.75, 3.05) is 11.9 Å². The molecule has 0 heterocycles. The minimum atomic E-state index is -1.12. The Morgan fingerprint density at radius 1 is 1.27 bits per heavy atom. The molecule has 0 spiro atoms. The van der Waals surface area contributed by atoms with Gasteiger partial charge < -0.3 is 15.8 Å². The molecular formula is C15H21N3O4. The summed E-state index contributed by atoms with van der Waals surface area (Å²) in [6, 6.07) is 5.88. The fourth-order valence-corrected chi connectivity index (χ4v) is 1.72. The Morgan fingerprint density at radius 2 is 1.95 bits per heavy atom. The predicted molar refractivity (Wildman–Crippen MR) is 82.4 cm³/mol. The van der Waals surface area contributed by atoms with Gasteiger partial charge in [-0.25, -0.2) is 9.59 Å². The highest BCUT2D eigenvalue weighted by Gasteiger charge is 2.21. The first-order chi connectivity index (χ1) is 10.5. The molecule has 1 aromatic carbocycles. The quantitative estimate of drug-likeness (QED) is 0.524. The Morgan fingerprint density at radius 3 is 2.59 bits per heavy atom. The third-order valence-corrected chi connectivity index (χ3v) is 2.89. The first-order valence-electron chi connectivity index (χ1n) is 7.09. The average Bonchev–Trinajstić information content (AvgIpc) is 2.47. The summed E-state index contributed by atoms with van der Waals surface area (Å²) in [7, 11) is 0. The molecule has 0 saturated carbocycles. The number of amides is 3. The summed E-state index contributed by atoms with van der Waals surface area (Å²) < 4.78 is 5.05. The number of rotatable bonds is 7. The summed E-state index contributed by atoms with van der Waals surface area (Å²) in [5, 5.41) is 5.02. The molecule has 0 aliphatic rings. The van der Waals surface area contributed by atoms with Gasteiger partial charge in [0.05, 0.1) is 5.56 Å². The lowest BCUT2D eigenvalue weighted by atomic mass is 10.1. The molecule has 120 valence electrons. The van der Waals surface area contributed by atoms with Crippen LogP contribution in [0.15, 0.2) is 24.3 Å². The van der Waals surface area contributed by atoms with Crippen LogP contribution in [-0.2, 0) is 9.53 Å². The number of nitrogens with one attached hydrogen (secondary N) is 2. The van der Waals surface area contributed by atoms with E-state index in [-0.39, 0.29) is 0 Å². The summed E-state index contributed by atoms with van der Waals surface area (Å²) in [5.41, 5.74) is 5.82. The first-order valence-corrected chi connectivity index (χ1v) is 7.09. The predicted octanol–water partition coefficient (Wildman–Crippen LogP) is 1.64. The number of primary amides is 1. The highest BCUT2D eigenvalue weighted by Crippen LogP contribution is 2.17. The number of carbonyl (C=O) groups excluding carboxylic acids is 3. The van der Waals surface area contributed by atoms with Crippen LogP contribution < -0.4 is 16.4 Å². The lowest BCUT2D eigenvalue weighted by Gasteiger charge is -2.14. The van der Waals surface area contributed by atoms with Gasteiger partial charge in [-0.15, -0.1) is 0 Å². The second-order valence-electron chi connectivity index (χ2n) is 4.73. The highest BCUT2D eigenvalue weighted by atomic mass is 16.5. The fourth-order valence-electron chi connectivity index (χ4n) is 1.72. The van der Waals surface area contributed by atoms with E-state index >= 15 is 0 Å². The van der Waals surface area contributed by atoms with Gasteiger partial charge in [0.2, 0.25) is 0 Å². The Bertz CT molecular complexity index is 545. The largest absolute Gasteiger partial charge is 0.449 e. The van der Waals surface area contributed by atoms with Gasteiger partial charge in [-0.05, 0) is 25.5 Å². The zero-order chi connectivity index (χ0) is 16.5. The first kappa shape index (κ1) is 17.5. The molecule has 22 heavy (non-hydrogen) atoms. The van der Waals surface area contributed by atoms with Gasteiger partial charge in [-0.3, -0.25) is 10.1 Å². The van der Waals surface area contributed by atoms with Crippen molar-refractivity contribution in [2.45, 2.75) is 32.8 Å². The minimum Gasteiger partial charge on any atom is -0.449 e. The number of ether oxygens (including phenoxy) is 1. The Kier molecular flexibility index (Phi) is 6.88. The maximum atomic E-state index is 12.1. The molecule has 0 bridgehead atoms. The van der Waals surface area contributed by atoms with Gasteiger partial charge >= 0.3 is 12.0 Å². The Balaban J connectivity index is 2.72. The average molecular weight is 307 g/mol. The van der Waals surface area contributed by atoms with Crippen molar-refractivity contribution < 1.29 is 19.1 Å². The van der Waals surface area contributed by atoms with Gasteiger partial charge in [-0.2, -0.15) is 0 Å². The zero-order valence-corrected chi connectivity index (χ0v) is 12.7. The fraction of sp³-hybridized carbons (Fsp3) is 0.400. The summed E-state index contributed by atoms with van der Waals surface area (Å²) in [5.74, 6) is -1.41. The summed E-state index contributed by atoms with van der Waals surface area (Å²) >= 11 is 0. The standard InChI is InChI=1S/C15H21N3O4/c1-3-4-9-17-12-8-6-5-7-11(12)14(20)22-10(2)13(19)18-15(16)21/h5-8,10,17H,3-4,9H2,1-2H3,(H3,16,18,19,21)/t10-/m0/s1. The van der Waals surface area contributed by atoms with Crippen molar-refractivity contribution in [3.63, 3.8) is 0 Å². The number of imide groups is 1. The maximum absolute atomic E-state index is 12.1. The van der Waals surface area contributed by atoms with Crippen LogP contribution in [0.2, 0.25) is 0 Å². The molecule has 1 aromatic rings. The van der Waals surface area contributed by atoms with E-state index in [1.807, 2.05) is 5.32 Å². The number of esters is 1. The van der Waals surface area contributed by atoms with Crippen LogP contribution in [0.3, 0.4) is 0 Å². The van der Waals surface area contributed by atoms with Crippen molar-refractivity contribution in [1.82, 2.24) is 5.32 Å². The van der Waals surface area contributed by atoms with E-state index in [9.17, 15) is 14.4 Å². The second-order valence-corrected chi connectivity index (χ2v) is 4.73. The topological polar surface area (TPSA) is 111 Å². The second kappa shape index (κ2) is 8.66. The van der Waals surface area contributed by atoms with E-state index in [1.54, 1.807) is 24.3 Å². The van der Waals surface area contributed by atoms with E-state index < -0.39 is 24.0 Å². The van der Waals surface area contributed by atoms with E-state index in [1.165, 1.54) is 6.92 Å². The molecule has 3 amide bonds. The van der Waals surface area contributed by atoms with E-state index in [0.29, 0.717) is 11.3 Å². The molecular weight excluding hydrogens is 286 g/mol. The number of nitrogens with two attached hydrogens (primary N) is 1. The summed E-state index contributed by atoms with van der Waals surface area (Å²) in [6.07, 6.45) is 0.883. The third kappa shape index (κ3) is 5.43. The molecule has 0 unspecified atom stereocenters. The van der Waals surface area contributed by atoms with E-state index in [0.717, 1.165) is 19.4 Å². The maximum Gasteiger partial charge on any atom is 0.341 e. The van der Waals surface area contributed by atoms with Crippen LogP contribution in [0.25, 0.3) is 0 Å². The van der Waals surface area contributed by atoms with Crippen LogP contribution in [0.5, 0.6) is 0 Å². The minimum absolute atomic E-state index is 0.331. The number of anilines is 1. The summed E-state index contributed by atoms with van der Waals surface area (Å²) in [6.45, 7) is 4.17. The monoisotopic (exact) mass is 307 g/mol. The van der Waals surface area contributed by atoms with Gasteiger partial charge in [0.25, 0.3) is 5.91 Å². The number of hydrogen-bond donors (Lipinski definition) is 3. The van der Waals surface area contributed by atoms with E-state index in [2.05, 4.69) is 12.2 Å². The molecule has 0 radical (unpaired) electrons. The van der Waals surface area contributed by atoms with Gasteiger partial charge in [-0.1, -0.05) is 25.5 Å². The van der Waals surface area contributed by atoms with E-state index in [4.69, 9.17) is 10.5 Å². The summed E-state index contributed by atoms with van der Waals surface area (Å²) in [4.78, 5) is 34.3. The van der Waals surface area contributed by atoms with Gasteiger partial charge in [0.15, 0.2) is 6.10 Å². The van der Waals surface area contributed by atoms with Crippen molar-refractivity contribution in [2.24, 2.45) is 5.73 Å². The number of carbonyl (C=O) groups is 3. The number of hydrogen-bond acceptors (Lipinski definition) is 5.